The molecule has 2 aromatic rings. The number of hydrogen-bond acceptors (Lipinski definition) is 2. The van der Waals surface area contributed by atoms with Gasteiger partial charge in [-0.15, -0.1) is 0 Å². The first kappa shape index (κ1) is 15.5. The topological polar surface area (TPSA) is 49.4 Å². The summed E-state index contributed by atoms with van der Waals surface area (Å²) in [6, 6.07) is 9.98. The van der Waals surface area contributed by atoms with Crippen molar-refractivity contribution in [1.82, 2.24) is 5.43 Å². The van der Waals surface area contributed by atoms with Crippen molar-refractivity contribution in [3.05, 3.63) is 69.5 Å². The highest BCUT2D eigenvalue weighted by atomic mass is 35.5. The van der Waals surface area contributed by atoms with Crippen LogP contribution in [0, 0.1) is 5.82 Å². The van der Waals surface area contributed by atoms with Gasteiger partial charge >= 0.3 is 0 Å². The first-order valence-electron chi connectivity index (χ1n) is 6.53. The Morgan fingerprint density at radius 3 is 2.22 bits per heavy atom. The van der Waals surface area contributed by atoms with Crippen LogP contribution in [0.15, 0.2) is 48.0 Å². The van der Waals surface area contributed by atoms with E-state index >= 15 is 0 Å². The number of carbonyl (C=O) groups is 2. The maximum atomic E-state index is 12.9. The van der Waals surface area contributed by atoms with Crippen LogP contribution in [0.25, 0.3) is 6.08 Å². The van der Waals surface area contributed by atoms with E-state index < -0.39 is 17.6 Å². The van der Waals surface area contributed by atoms with Gasteiger partial charge in [0.2, 0.25) is 0 Å². The molecule has 1 aliphatic rings. The maximum Gasteiger partial charge on any atom is 0.282 e. The summed E-state index contributed by atoms with van der Waals surface area (Å²) in [5.41, 5.74) is 3.27. The zero-order chi connectivity index (χ0) is 16.6. The fourth-order valence-corrected chi connectivity index (χ4v) is 2.65. The van der Waals surface area contributed by atoms with Crippen LogP contribution in [0.2, 0.25) is 10.0 Å². The molecule has 0 spiro atoms. The number of hydrazine groups is 1. The summed E-state index contributed by atoms with van der Waals surface area (Å²) < 4.78 is 12.9. The van der Waals surface area contributed by atoms with Crippen molar-refractivity contribution < 1.29 is 14.0 Å². The molecule has 7 heteroatoms. The van der Waals surface area contributed by atoms with E-state index in [1.54, 1.807) is 0 Å². The molecule has 1 heterocycles. The van der Waals surface area contributed by atoms with E-state index in [4.69, 9.17) is 23.2 Å². The highest BCUT2D eigenvalue weighted by Crippen LogP contribution is 2.28. The Kier molecular flexibility index (Phi) is 4.07. The average molecular weight is 351 g/mol. The summed E-state index contributed by atoms with van der Waals surface area (Å²) in [4.78, 5) is 24.5. The van der Waals surface area contributed by atoms with E-state index in [2.05, 4.69) is 5.43 Å². The molecule has 1 aliphatic heterocycles. The van der Waals surface area contributed by atoms with Gasteiger partial charge in [0.25, 0.3) is 11.8 Å². The molecule has 1 saturated heterocycles. The number of benzene rings is 2. The molecule has 2 aromatic carbocycles. The van der Waals surface area contributed by atoms with E-state index in [-0.39, 0.29) is 5.57 Å². The molecule has 0 bridgehead atoms. The van der Waals surface area contributed by atoms with Gasteiger partial charge in [0.1, 0.15) is 11.4 Å². The van der Waals surface area contributed by atoms with E-state index in [1.165, 1.54) is 48.5 Å². The SMILES string of the molecule is O=C1NN(c2cc(Cl)cc(Cl)c2)C(=O)C1=Cc1ccc(F)cc1. The number of rotatable bonds is 2. The maximum absolute atomic E-state index is 12.9. The second kappa shape index (κ2) is 6.02. The summed E-state index contributed by atoms with van der Waals surface area (Å²) in [5.74, 6) is -1.50. The third-order valence-electron chi connectivity index (χ3n) is 3.18. The molecule has 4 nitrogen and oxygen atoms in total. The average Bonchev–Trinajstić information content (AvgIpc) is 2.76. The Labute approximate surface area is 141 Å². The lowest BCUT2D eigenvalue weighted by Crippen LogP contribution is -2.35. The normalized spacial score (nSPS) is 16.1. The van der Waals surface area contributed by atoms with Gasteiger partial charge in [-0.25, -0.2) is 9.40 Å². The number of nitrogens with zero attached hydrogens (tertiary/aromatic N) is 1. The van der Waals surface area contributed by atoms with Crippen molar-refractivity contribution in [3.63, 3.8) is 0 Å². The summed E-state index contributed by atoms with van der Waals surface area (Å²) in [6.45, 7) is 0. The molecule has 1 fully saturated rings. The number of halogens is 3. The van der Waals surface area contributed by atoms with Crippen LogP contribution < -0.4 is 10.4 Å². The summed E-state index contributed by atoms with van der Waals surface area (Å²) in [5, 5.41) is 1.74. The fourth-order valence-electron chi connectivity index (χ4n) is 2.13. The molecule has 116 valence electrons. The monoisotopic (exact) mass is 350 g/mol. The van der Waals surface area contributed by atoms with Crippen LogP contribution in [0.4, 0.5) is 10.1 Å². The zero-order valence-corrected chi connectivity index (χ0v) is 13.0. The van der Waals surface area contributed by atoms with Crippen molar-refractivity contribution >= 4 is 46.8 Å². The van der Waals surface area contributed by atoms with Crippen molar-refractivity contribution in [2.45, 2.75) is 0 Å². The number of amides is 2. The molecule has 23 heavy (non-hydrogen) atoms. The largest absolute Gasteiger partial charge is 0.282 e. The molecule has 0 saturated carbocycles. The minimum atomic E-state index is -0.560. The fraction of sp³-hybridized carbons (Fsp3) is 0. The van der Waals surface area contributed by atoms with Crippen LogP contribution in [0.5, 0.6) is 0 Å². The van der Waals surface area contributed by atoms with Gasteiger partial charge < -0.3 is 0 Å². The second-order valence-electron chi connectivity index (χ2n) is 4.82. The zero-order valence-electron chi connectivity index (χ0n) is 11.5. The number of hydrogen-bond donors (Lipinski definition) is 1. The van der Waals surface area contributed by atoms with Gasteiger partial charge in [0.15, 0.2) is 0 Å². The third kappa shape index (κ3) is 3.21. The molecule has 1 N–H and O–H groups in total. The van der Waals surface area contributed by atoms with Crippen LogP contribution in [-0.2, 0) is 9.59 Å². The molecule has 0 aliphatic carbocycles. The standard InChI is InChI=1S/C16H9Cl2FN2O2/c17-10-6-11(18)8-13(7-10)21-16(23)14(15(22)20-21)5-9-1-3-12(19)4-2-9/h1-8H,(H,20,22). The van der Waals surface area contributed by atoms with Crippen molar-refractivity contribution in [2.24, 2.45) is 0 Å². The molecular formula is C16H9Cl2FN2O2. The molecule has 0 aromatic heterocycles. The Morgan fingerprint density at radius 2 is 1.61 bits per heavy atom. The van der Waals surface area contributed by atoms with Gasteiger partial charge in [-0.2, -0.15) is 0 Å². The first-order chi connectivity index (χ1) is 10.9. The lowest BCUT2D eigenvalue weighted by molar-refractivity contribution is -0.117. The van der Waals surface area contributed by atoms with E-state index in [0.29, 0.717) is 21.3 Å². The molecule has 0 radical (unpaired) electrons. The van der Waals surface area contributed by atoms with Crippen molar-refractivity contribution in [3.8, 4) is 0 Å². The van der Waals surface area contributed by atoms with Crippen LogP contribution in [0.3, 0.4) is 0 Å². The van der Waals surface area contributed by atoms with Gasteiger partial charge in [-0.1, -0.05) is 35.3 Å². The minimum absolute atomic E-state index is 0.0623. The van der Waals surface area contributed by atoms with E-state index in [9.17, 15) is 14.0 Å². The van der Waals surface area contributed by atoms with Crippen molar-refractivity contribution in [2.75, 3.05) is 5.01 Å². The Hall–Kier alpha value is -2.37. The lowest BCUT2D eigenvalue weighted by atomic mass is 10.1. The van der Waals surface area contributed by atoms with Crippen molar-refractivity contribution in [1.29, 1.82) is 0 Å². The molecule has 3 rings (SSSR count). The summed E-state index contributed by atoms with van der Waals surface area (Å²) in [6.07, 6.45) is 1.39. The van der Waals surface area contributed by atoms with Crippen LogP contribution >= 0.6 is 23.2 Å². The molecule has 0 atom stereocenters. The predicted molar refractivity (Wildman–Crippen MR) is 86.5 cm³/mol. The van der Waals surface area contributed by atoms with Gasteiger partial charge in [-0.3, -0.25) is 15.0 Å². The number of carbonyl (C=O) groups excluding carboxylic acids is 2. The third-order valence-corrected chi connectivity index (χ3v) is 3.61. The van der Waals surface area contributed by atoms with Crippen LogP contribution in [-0.4, -0.2) is 11.8 Å². The quantitative estimate of drug-likeness (QED) is 0.664. The molecular weight excluding hydrogens is 342 g/mol. The first-order valence-corrected chi connectivity index (χ1v) is 7.28. The van der Waals surface area contributed by atoms with Gasteiger partial charge in [-0.05, 0) is 42.0 Å². The Balaban J connectivity index is 1.95. The van der Waals surface area contributed by atoms with E-state index in [0.717, 1.165) is 5.01 Å². The second-order valence-corrected chi connectivity index (χ2v) is 5.69. The summed E-state index contributed by atoms with van der Waals surface area (Å²) in [7, 11) is 0. The Morgan fingerprint density at radius 1 is 1.00 bits per heavy atom. The Bertz CT molecular complexity index is 814. The summed E-state index contributed by atoms with van der Waals surface area (Å²) >= 11 is 11.8. The van der Waals surface area contributed by atoms with E-state index in [1.807, 2.05) is 0 Å². The lowest BCUT2D eigenvalue weighted by Gasteiger charge is -2.15. The number of nitrogens with one attached hydrogen (secondary N) is 1. The van der Waals surface area contributed by atoms with Gasteiger partial charge in [0.05, 0.1) is 5.69 Å². The molecule has 0 unspecified atom stereocenters. The number of anilines is 1. The highest BCUT2D eigenvalue weighted by molar-refractivity contribution is 6.36. The smallest absolute Gasteiger partial charge is 0.267 e. The van der Waals surface area contributed by atoms with Crippen LogP contribution in [0.1, 0.15) is 5.56 Å². The van der Waals surface area contributed by atoms with Gasteiger partial charge in [0, 0.05) is 10.0 Å². The highest BCUT2D eigenvalue weighted by Gasteiger charge is 2.34. The minimum Gasteiger partial charge on any atom is -0.267 e. The predicted octanol–water partition coefficient (Wildman–Crippen LogP) is 3.59. The molecule has 2 amide bonds.